The van der Waals surface area contributed by atoms with Crippen LogP contribution in [0, 0.1) is 5.82 Å². The Labute approximate surface area is 111 Å². The lowest BCUT2D eigenvalue weighted by Crippen LogP contribution is -2.18. The van der Waals surface area contributed by atoms with E-state index in [0.717, 1.165) is 5.56 Å². The third kappa shape index (κ3) is 3.06. The number of hydrogen-bond donors (Lipinski definition) is 1. The summed E-state index contributed by atoms with van der Waals surface area (Å²) in [4.78, 5) is 4.06. The van der Waals surface area contributed by atoms with Crippen molar-refractivity contribution in [2.45, 2.75) is 19.5 Å². The summed E-state index contributed by atoms with van der Waals surface area (Å²) in [5, 5.41) is 3.40. The molecule has 2 aromatic rings. The number of benzene rings is 1. The Morgan fingerprint density at radius 2 is 2.17 bits per heavy atom. The van der Waals surface area contributed by atoms with E-state index >= 15 is 0 Å². The number of nitrogens with zero attached hydrogens (tertiary/aromatic N) is 1. The van der Waals surface area contributed by atoms with E-state index in [2.05, 4.69) is 10.3 Å². The molecule has 0 unspecified atom stereocenters. The van der Waals surface area contributed by atoms with Gasteiger partial charge in [0.05, 0.1) is 5.02 Å². The molecule has 2 nitrogen and oxygen atoms in total. The Kier molecular flexibility index (Phi) is 4.28. The van der Waals surface area contributed by atoms with Crippen molar-refractivity contribution in [3.8, 4) is 0 Å². The molecule has 2 rings (SSSR count). The standard InChI is InChI=1S/C14H14ClFN2/c1-10(11-5-3-7-17-8-11)18-9-12-4-2-6-13(15)14(12)16/h2-8,10,18H,9H2,1H3/t10-/m1/s1. The highest BCUT2D eigenvalue weighted by atomic mass is 35.5. The van der Waals surface area contributed by atoms with Gasteiger partial charge in [0.2, 0.25) is 0 Å². The van der Waals surface area contributed by atoms with Gasteiger partial charge in [-0.3, -0.25) is 4.98 Å². The topological polar surface area (TPSA) is 24.9 Å². The van der Waals surface area contributed by atoms with E-state index in [0.29, 0.717) is 12.1 Å². The van der Waals surface area contributed by atoms with Crippen LogP contribution in [0.15, 0.2) is 42.7 Å². The summed E-state index contributed by atoms with van der Waals surface area (Å²) in [5.74, 6) is -0.356. The van der Waals surface area contributed by atoms with Gasteiger partial charge in [0.1, 0.15) is 5.82 Å². The molecule has 0 bridgehead atoms. The molecular formula is C14H14ClFN2. The Bertz CT molecular complexity index is 516. The van der Waals surface area contributed by atoms with Crippen LogP contribution < -0.4 is 5.32 Å². The molecule has 0 spiro atoms. The molecule has 1 heterocycles. The molecule has 1 aromatic carbocycles. The summed E-state index contributed by atoms with van der Waals surface area (Å²) in [5.41, 5.74) is 1.64. The molecule has 0 aliphatic carbocycles. The van der Waals surface area contributed by atoms with Crippen LogP contribution in [0.25, 0.3) is 0 Å². The summed E-state index contributed by atoms with van der Waals surface area (Å²) >= 11 is 5.73. The minimum absolute atomic E-state index is 0.108. The molecule has 1 aromatic heterocycles. The molecule has 1 atom stereocenters. The summed E-state index contributed by atoms with van der Waals surface area (Å²) in [6.07, 6.45) is 3.53. The molecule has 94 valence electrons. The second-order valence-electron chi connectivity index (χ2n) is 4.10. The van der Waals surface area contributed by atoms with E-state index in [1.165, 1.54) is 0 Å². The molecule has 0 saturated heterocycles. The van der Waals surface area contributed by atoms with E-state index in [1.54, 1.807) is 30.6 Å². The average molecular weight is 265 g/mol. The van der Waals surface area contributed by atoms with E-state index < -0.39 is 0 Å². The lowest BCUT2D eigenvalue weighted by Gasteiger charge is -2.14. The van der Waals surface area contributed by atoms with Crippen molar-refractivity contribution in [3.63, 3.8) is 0 Å². The molecule has 0 aliphatic rings. The third-order valence-electron chi connectivity index (χ3n) is 2.81. The van der Waals surface area contributed by atoms with Crippen LogP contribution in [0.2, 0.25) is 5.02 Å². The first-order valence-electron chi connectivity index (χ1n) is 5.74. The maximum absolute atomic E-state index is 13.7. The van der Waals surface area contributed by atoms with Gasteiger partial charge in [0.15, 0.2) is 0 Å². The molecule has 4 heteroatoms. The first kappa shape index (κ1) is 13.0. The van der Waals surface area contributed by atoms with Gasteiger partial charge in [-0.15, -0.1) is 0 Å². The molecular weight excluding hydrogens is 251 g/mol. The quantitative estimate of drug-likeness (QED) is 0.910. The minimum atomic E-state index is -0.356. The van der Waals surface area contributed by atoms with Crippen molar-refractivity contribution in [3.05, 3.63) is 64.7 Å². The molecule has 0 saturated carbocycles. The van der Waals surface area contributed by atoms with Crippen molar-refractivity contribution < 1.29 is 4.39 Å². The van der Waals surface area contributed by atoms with Gasteiger partial charge in [0.25, 0.3) is 0 Å². The maximum atomic E-state index is 13.7. The monoisotopic (exact) mass is 264 g/mol. The van der Waals surface area contributed by atoms with Gasteiger partial charge < -0.3 is 5.32 Å². The summed E-state index contributed by atoms with van der Waals surface area (Å²) in [7, 11) is 0. The smallest absolute Gasteiger partial charge is 0.146 e. The fourth-order valence-corrected chi connectivity index (χ4v) is 1.89. The highest BCUT2D eigenvalue weighted by molar-refractivity contribution is 6.30. The Balaban J connectivity index is 2.02. The van der Waals surface area contributed by atoms with Crippen LogP contribution in [0.1, 0.15) is 24.1 Å². The van der Waals surface area contributed by atoms with Gasteiger partial charge in [-0.2, -0.15) is 0 Å². The van der Waals surface area contributed by atoms with Crippen LogP contribution in [0.4, 0.5) is 4.39 Å². The number of halogens is 2. The number of aromatic nitrogens is 1. The van der Waals surface area contributed by atoms with Crippen LogP contribution in [0.3, 0.4) is 0 Å². The molecule has 18 heavy (non-hydrogen) atoms. The number of nitrogens with one attached hydrogen (secondary N) is 1. The Morgan fingerprint density at radius 3 is 2.89 bits per heavy atom. The number of rotatable bonds is 4. The Hall–Kier alpha value is -1.45. The minimum Gasteiger partial charge on any atom is -0.306 e. The molecule has 0 aliphatic heterocycles. The molecule has 0 radical (unpaired) electrons. The van der Waals surface area contributed by atoms with Crippen LogP contribution in [0.5, 0.6) is 0 Å². The van der Waals surface area contributed by atoms with E-state index in [1.807, 2.05) is 19.1 Å². The lowest BCUT2D eigenvalue weighted by atomic mass is 10.1. The van der Waals surface area contributed by atoms with Crippen LogP contribution in [-0.4, -0.2) is 4.98 Å². The van der Waals surface area contributed by atoms with Gasteiger partial charge in [0, 0.05) is 30.5 Å². The second-order valence-corrected chi connectivity index (χ2v) is 4.51. The molecule has 1 N–H and O–H groups in total. The van der Waals surface area contributed by atoms with Gasteiger partial charge in [-0.25, -0.2) is 4.39 Å². The van der Waals surface area contributed by atoms with E-state index in [-0.39, 0.29) is 16.9 Å². The molecule has 0 fully saturated rings. The fourth-order valence-electron chi connectivity index (χ4n) is 1.70. The predicted octanol–water partition coefficient (Wildman–Crippen LogP) is 3.72. The first-order valence-corrected chi connectivity index (χ1v) is 6.12. The molecule has 0 amide bonds. The van der Waals surface area contributed by atoms with Gasteiger partial charge in [-0.05, 0) is 24.6 Å². The zero-order chi connectivity index (χ0) is 13.0. The van der Waals surface area contributed by atoms with Crippen molar-refractivity contribution in [2.24, 2.45) is 0 Å². The normalized spacial score (nSPS) is 12.4. The third-order valence-corrected chi connectivity index (χ3v) is 3.11. The van der Waals surface area contributed by atoms with Crippen molar-refractivity contribution >= 4 is 11.6 Å². The second kappa shape index (κ2) is 5.94. The highest BCUT2D eigenvalue weighted by Gasteiger charge is 2.08. The zero-order valence-electron chi connectivity index (χ0n) is 10.0. The van der Waals surface area contributed by atoms with Crippen molar-refractivity contribution in [1.29, 1.82) is 0 Å². The van der Waals surface area contributed by atoms with Gasteiger partial charge >= 0.3 is 0 Å². The highest BCUT2D eigenvalue weighted by Crippen LogP contribution is 2.19. The van der Waals surface area contributed by atoms with Crippen molar-refractivity contribution in [1.82, 2.24) is 10.3 Å². The SMILES string of the molecule is C[C@@H](NCc1cccc(Cl)c1F)c1cccnc1. The number of hydrogen-bond acceptors (Lipinski definition) is 2. The van der Waals surface area contributed by atoms with Crippen molar-refractivity contribution in [2.75, 3.05) is 0 Å². The first-order chi connectivity index (χ1) is 8.68. The predicted molar refractivity (Wildman–Crippen MR) is 70.9 cm³/mol. The maximum Gasteiger partial charge on any atom is 0.146 e. The van der Waals surface area contributed by atoms with Crippen LogP contribution >= 0.6 is 11.6 Å². The Morgan fingerprint density at radius 1 is 1.33 bits per heavy atom. The fraction of sp³-hybridized carbons (Fsp3) is 0.214. The summed E-state index contributed by atoms with van der Waals surface area (Å²) < 4.78 is 13.7. The largest absolute Gasteiger partial charge is 0.306 e. The van der Waals surface area contributed by atoms with Crippen LogP contribution in [-0.2, 0) is 6.54 Å². The lowest BCUT2D eigenvalue weighted by molar-refractivity contribution is 0.543. The van der Waals surface area contributed by atoms with Gasteiger partial charge in [-0.1, -0.05) is 29.8 Å². The van der Waals surface area contributed by atoms with E-state index in [4.69, 9.17) is 11.6 Å². The zero-order valence-corrected chi connectivity index (χ0v) is 10.8. The summed E-state index contributed by atoms with van der Waals surface area (Å²) in [6.45, 7) is 2.45. The summed E-state index contributed by atoms with van der Waals surface area (Å²) in [6, 6.07) is 9.00. The van der Waals surface area contributed by atoms with E-state index in [9.17, 15) is 4.39 Å². The average Bonchev–Trinajstić information content (AvgIpc) is 2.41. The number of pyridine rings is 1.